The highest BCUT2D eigenvalue weighted by Gasteiger charge is 2.34. The summed E-state index contributed by atoms with van der Waals surface area (Å²) in [6.45, 7) is 2.48. The average Bonchev–Trinajstić information content (AvgIpc) is 2.50. The van der Waals surface area contributed by atoms with Crippen molar-refractivity contribution in [3.8, 4) is 6.07 Å². The van der Waals surface area contributed by atoms with E-state index >= 15 is 0 Å². The normalized spacial score (nSPS) is 38.1. The van der Waals surface area contributed by atoms with Crippen LogP contribution in [0.3, 0.4) is 0 Å². The van der Waals surface area contributed by atoms with Crippen LogP contribution < -0.4 is 0 Å². The molecule has 2 aliphatic heterocycles. The topological polar surface area (TPSA) is 27.0 Å². The highest BCUT2D eigenvalue weighted by Crippen LogP contribution is 2.30. The largest absolute Gasteiger partial charge is 0.299 e. The standard InChI is InChI=1S/C9H14N2/c10-7-8-3-1-5-11-6-2-4-9(8)11/h8-9H,1-6H2. The van der Waals surface area contributed by atoms with Gasteiger partial charge in [-0.2, -0.15) is 5.26 Å². The summed E-state index contributed by atoms with van der Waals surface area (Å²) in [5.74, 6) is 0.339. The molecule has 0 aliphatic carbocycles. The zero-order chi connectivity index (χ0) is 7.68. The first-order chi connectivity index (χ1) is 5.42. The summed E-state index contributed by atoms with van der Waals surface area (Å²) in [7, 11) is 0. The van der Waals surface area contributed by atoms with Gasteiger partial charge in [-0.05, 0) is 38.8 Å². The summed E-state index contributed by atoms with van der Waals surface area (Å²) in [6.07, 6.45) is 4.94. The predicted molar refractivity (Wildman–Crippen MR) is 42.9 cm³/mol. The van der Waals surface area contributed by atoms with Crippen molar-refractivity contribution < 1.29 is 0 Å². The molecule has 0 N–H and O–H groups in total. The Morgan fingerprint density at radius 1 is 1.18 bits per heavy atom. The molecule has 2 atom stereocenters. The number of fused-ring (bicyclic) bond motifs is 1. The molecule has 0 radical (unpaired) electrons. The first-order valence-electron chi connectivity index (χ1n) is 4.55. The maximum Gasteiger partial charge on any atom is 0.0672 e. The molecule has 11 heavy (non-hydrogen) atoms. The molecule has 0 aromatic heterocycles. The van der Waals surface area contributed by atoms with Gasteiger partial charge >= 0.3 is 0 Å². The summed E-state index contributed by atoms with van der Waals surface area (Å²) in [4.78, 5) is 2.50. The van der Waals surface area contributed by atoms with Gasteiger partial charge in [0.15, 0.2) is 0 Å². The summed E-state index contributed by atoms with van der Waals surface area (Å²) >= 11 is 0. The second-order valence-electron chi connectivity index (χ2n) is 3.62. The molecule has 2 heterocycles. The Morgan fingerprint density at radius 3 is 2.64 bits per heavy atom. The van der Waals surface area contributed by atoms with Crippen LogP contribution in [0.4, 0.5) is 0 Å². The van der Waals surface area contributed by atoms with Gasteiger partial charge in [-0.15, -0.1) is 0 Å². The van der Waals surface area contributed by atoms with E-state index in [0.717, 1.165) is 6.42 Å². The van der Waals surface area contributed by atoms with Gasteiger partial charge in [0.1, 0.15) is 0 Å². The maximum atomic E-state index is 8.86. The molecule has 0 aromatic rings. The van der Waals surface area contributed by atoms with Crippen molar-refractivity contribution in [2.45, 2.75) is 31.7 Å². The van der Waals surface area contributed by atoms with Gasteiger partial charge in [0.05, 0.1) is 12.0 Å². The Kier molecular flexibility index (Phi) is 1.83. The molecule has 2 heteroatoms. The monoisotopic (exact) mass is 150 g/mol. The minimum atomic E-state index is 0.339. The SMILES string of the molecule is N#CC1CCCN2CCCC12. The molecule has 2 rings (SSSR count). The van der Waals surface area contributed by atoms with E-state index in [0.29, 0.717) is 12.0 Å². The van der Waals surface area contributed by atoms with E-state index in [1.165, 1.54) is 32.4 Å². The molecule has 60 valence electrons. The van der Waals surface area contributed by atoms with Crippen LogP contribution in [0.25, 0.3) is 0 Å². The zero-order valence-electron chi connectivity index (χ0n) is 6.79. The molecule has 0 aromatic carbocycles. The third-order valence-corrected chi connectivity index (χ3v) is 3.00. The van der Waals surface area contributed by atoms with Crippen LogP contribution in [-0.2, 0) is 0 Å². The van der Waals surface area contributed by atoms with Crippen molar-refractivity contribution in [2.75, 3.05) is 13.1 Å². The van der Waals surface area contributed by atoms with E-state index in [9.17, 15) is 0 Å². The van der Waals surface area contributed by atoms with Gasteiger partial charge in [-0.1, -0.05) is 0 Å². The third-order valence-electron chi connectivity index (χ3n) is 3.00. The zero-order valence-corrected chi connectivity index (χ0v) is 6.79. The Morgan fingerprint density at radius 2 is 1.91 bits per heavy atom. The van der Waals surface area contributed by atoms with Crippen LogP contribution in [0.2, 0.25) is 0 Å². The number of nitrogens with zero attached hydrogens (tertiary/aromatic N) is 2. The lowest BCUT2D eigenvalue weighted by Gasteiger charge is -2.32. The van der Waals surface area contributed by atoms with Crippen molar-refractivity contribution in [3.63, 3.8) is 0 Å². The fourth-order valence-corrected chi connectivity index (χ4v) is 2.44. The highest BCUT2D eigenvalue weighted by molar-refractivity contribution is 4.98. The van der Waals surface area contributed by atoms with E-state index in [4.69, 9.17) is 5.26 Å². The second-order valence-corrected chi connectivity index (χ2v) is 3.62. The first-order valence-corrected chi connectivity index (χ1v) is 4.55. The highest BCUT2D eigenvalue weighted by atomic mass is 15.2. The lowest BCUT2D eigenvalue weighted by atomic mass is 9.91. The first kappa shape index (κ1) is 7.12. The molecule has 0 bridgehead atoms. The summed E-state index contributed by atoms with van der Waals surface area (Å²) in [6, 6.07) is 3.05. The fourth-order valence-electron chi connectivity index (χ4n) is 2.44. The van der Waals surface area contributed by atoms with Crippen molar-refractivity contribution in [2.24, 2.45) is 5.92 Å². The molecule has 2 unspecified atom stereocenters. The number of piperidine rings is 1. The molecule has 0 saturated carbocycles. The minimum Gasteiger partial charge on any atom is -0.299 e. The summed E-state index contributed by atoms with van der Waals surface area (Å²) in [5.41, 5.74) is 0. The van der Waals surface area contributed by atoms with E-state index in [1.807, 2.05) is 0 Å². The quantitative estimate of drug-likeness (QED) is 0.521. The van der Waals surface area contributed by atoms with E-state index in [2.05, 4.69) is 11.0 Å². The van der Waals surface area contributed by atoms with Gasteiger partial charge < -0.3 is 0 Å². The Bertz CT molecular complexity index is 182. The second kappa shape index (κ2) is 2.83. The molecular weight excluding hydrogens is 136 g/mol. The van der Waals surface area contributed by atoms with Crippen LogP contribution in [0, 0.1) is 17.2 Å². The van der Waals surface area contributed by atoms with Crippen molar-refractivity contribution >= 4 is 0 Å². The van der Waals surface area contributed by atoms with Crippen LogP contribution in [0.15, 0.2) is 0 Å². The summed E-state index contributed by atoms with van der Waals surface area (Å²) in [5, 5.41) is 8.86. The molecule has 2 aliphatic rings. The molecule has 2 nitrogen and oxygen atoms in total. The van der Waals surface area contributed by atoms with Crippen molar-refractivity contribution in [1.82, 2.24) is 4.90 Å². The lowest BCUT2D eigenvalue weighted by molar-refractivity contribution is 0.162. The van der Waals surface area contributed by atoms with Gasteiger partial charge in [-0.25, -0.2) is 0 Å². The molecule has 0 amide bonds. The number of hydrogen-bond donors (Lipinski definition) is 0. The third kappa shape index (κ3) is 1.14. The van der Waals surface area contributed by atoms with Crippen LogP contribution in [0.1, 0.15) is 25.7 Å². The van der Waals surface area contributed by atoms with Crippen LogP contribution in [-0.4, -0.2) is 24.0 Å². The van der Waals surface area contributed by atoms with E-state index in [1.54, 1.807) is 0 Å². The number of nitriles is 1. The lowest BCUT2D eigenvalue weighted by Crippen LogP contribution is -2.39. The van der Waals surface area contributed by atoms with Gasteiger partial charge in [0.2, 0.25) is 0 Å². The Balaban J connectivity index is 2.08. The fraction of sp³-hybridized carbons (Fsp3) is 0.889. The number of rotatable bonds is 0. The maximum absolute atomic E-state index is 8.86. The van der Waals surface area contributed by atoms with Crippen molar-refractivity contribution in [1.29, 1.82) is 5.26 Å². The molecule has 0 spiro atoms. The Hall–Kier alpha value is -0.550. The van der Waals surface area contributed by atoms with Crippen LogP contribution in [0.5, 0.6) is 0 Å². The number of hydrogen-bond acceptors (Lipinski definition) is 2. The van der Waals surface area contributed by atoms with Gasteiger partial charge in [0.25, 0.3) is 0 Å². The van der Waals surface area contributed by atoms with E-state index < -0.39 is 0 Å². The molecule has 2 saturated heterocycles. The van der Waals surface area contributed by atoms with Crippen LogP contribution >= 0.6 is 0 Å². The predicted octanol–water partition coefficient (Wildman–Crippen LogP) is 1.38. The average molecular weight is 150 g/mol. The van der Waals surface area contributed by atoms with Crippen molar-refractivity contribution in [3.05, 3.63) is 0 Å². The molecule has 2 fully saturated rings. The Labute approximate surface area is 67.8 Å². The minimum absolute atomic E-state index is 0.339. The summed E-state index contributed by atoms with van der Waals surface area (Å²) < 4.78 is 0. The molecular formula is C9H14N2. The van der Waals surface area contributed by atoms with Gasteiger partial charge in [0, 0.05) is 6.04 Å². The smallest absolute Gasteiger partial charge is 0.0672 e. The van der Waals surface area contributed by atoms with Gasteiger partial charge in [-0.3, -0.25) is 4.90 Å². The van der Waals surface area contributed by atoms with E-state index in [-0.39, 0.29) is 0 Å².